The van der Waals surface area contributed by atoms with Crippen LogP contribution < -0.4 is 26.6 Å². The number of amides is 1. The average molecular weight is 453 g/mol. The summed E-state index contributed by atoms with van der Waals surface area (Å²) in [6.45, 7) is 0.814. The molecule has 9 nitrogen and oxygen atoms in total. The summed E-state index contributed by atoms with van der Waals surface area (Å²) in [5.41, 5.74) is 5.68. The molecule has 0 fully saturated rings. The number of carbonyl (C=O) groups is 1. The van der Waals surface area contributed by atoms with Gasteiger partial charge in [0.1, 0.15) is 11.6 Å². The molecule has 0 bridgehead atoms. The summed E-state index contributed by atoms with van der Waals surface area (Å²) in [5, 5.41) is 0. The molecule has 33 heavy (non-hydrogen) atoms. The monoisotopic (exact) mass is 452 g/mol. The molecule has 3 N–H and O–H groups in total. The zero-order chi connectivity index (χ0) is 23.6. The van der Waals surface area contributed by atoms with E-state index in [0.29, 0.717) is 13.0 Å². The Kier molecular flexibility index (Phi) is 8.43. The highest BCUT2D eigenvalue weighted by Crippen LogP contribution is 2.19. The summed E-state index contributed by atoms with van der Waals surface area (Å²) in [6.07, 6.45) is 0.575. The van der Waals surface area contributed by atoms with E-state index in [-0.39, 0.29) is 43.5 Å². The maximum atomic E-state index is 13.0. The van der Waals surface area contributed by atoms with Crippen molar-refractivity contribution in [3.8, 4) is 5.75 Å². The van der Waals surface area contributed by atoms with Crippen molar-refractivity contribution in [2.75, 3.05) is 37.5 Å². The maximum absolute atomic E-state index is 13.0. The fourth-order valence-electron chi connectivity index (χ4n) is 3.37. The van der Waals surface area contributed by atoms with Gasteiger partial charge < -0.3 is 20.1 Å². The van der Waals surface area contributed by atoms with Crippen LogP contribution in [0.4, 0.5) is 11.5 Å². The number of ether oxygens (including phenoxy) is 2. The highest BCUT2D eigenvalue weighted by Gasteiger charge is 2.24. The Balaban J connectivity index is 1.80. The number of nitrogens with two attached hydrogens (primary N) is 1. The van der Waals surface area contributed by atoms with E-state index in [0.717, 1.165) is 11.3 Å². The molecule has 1 aromatic heterocycles. The zero-order valence-corrected chi connectivity index (χ0v) is 18.5. The van der Waals surface area contributed by atoms with Gasteiger partial charge in [0, 0.05) is 20.1 Å². The van der Waals surface area contributed by atoms with Crippen LogP contribution in [0.2, 0.25) is 0 Å². The summed E-state index contributed by atoms with van der Waals surface area (Å²) in [6, 6.07) is 18.5. The third kappa shape index (κ3) is 6.33. The molecular weight excluding hydrogens is 424 g/mol. The van der Waals surface area contributed by atoms with E-state index in [1.54, 1.807) is 0 Å². The molecule has 0 spiro atoms. The number of carbonyl (C=O) groups excluding carboxylic acids is 1. The molecular formula is C24H28N4O5. The number of aromatic amines is 1. The number of nitrogens with one attached hydrogen (secondary N) is 1. The zero-order valence-electron chi connectivity index (χ0n) is 18.5. The number of nitrogen functional groups attached to an aromatic ring is 1. The van der Waals surface area contributed by atoms with Crippen LogP contribution in [0.15, 0.2) is 70.3 Å². The van der Waals surface area contributed by atoms with E-state index in [1.165, 1.54) is 16.6 Å². The van der Waals surface area contributed by atoms with Crippen molar-refractivity contribution in [1.29, 1.82) is 0 Å². The number of hydrogen-bond donors (Lipinski definition) is 2. The Morgan fingerprint density at radius 2 is 1.70 bits per heavy atom. The van der Waals surface area contributed by atoms with Gasteiger partial charge >= 0.3 is 5.69 Å². The van der Waals surface area contributed by atoms with Gasteiger partial charge in [0.2, 0.25) is 5.91 Å². The Bertz CT molecular complexity index is 1160. The minimum Gasteiger partial charge on any atom is -0.494 e. The number of hydrogen-bond acceptors (Lipinski definition) is 6. The number of benzene rings is 2. The lowest BCUT2D eigenvalue weighted by Crippen LogP contribution is -2.42. The maximum Gasteiger partial charge on any atom is 0.330 e. The molecule has 0 saturated carbocycles. The van der Waals surface area contributed by atoms with Gasteiger partial charge in [-0.2, -0.15) is 0 Å². The van der Waals surface area contributed by atoms with Crippen molar-refractivity contribution >= 4 is 17.4 Å². The first kappa shape index (κ1) is 23.8. The van der Waals surface area contributed by atoms with Crippen LogP contribution in [0.1, 0.15) is 18.4 Å². The average Bonchev–Trinajstić information content (AvgIpc) is 2.82. The SMILES string of the molecule is COCCN(C(=O)CCCOc1ccccc1)c1c(N)n(Cc2ccccc2)c(=O)[nH]c1=O. The van der Waals surface area contributed by atoms with E-state index in [1.807, 2.05) is 60.7 Å². The van der Waals surface area contributed by atoms with Crippen LogP contribution in [0, 0.1) is 0 Å². The predicted octanol–water partition coefficient (Wildman–Crippen LogP) is 2.01. The van der Waals surface area contributed by atoms with Gasteiger partial charge in [0.05, 0.1) is 19.8 Å². The van der Waals surface area contributed by atoms with Crippen LogP contribution >= 0.6 is 0 Å². The third-order valence-electron chi connectivity index (χ3n) is 5.03. The minimum atomic E-state index is -0.716. The van der Waals surface area contributed by atoms with Crippen LogP contribution in [-0.2, 0) is 16.1 Å². The van der Waals surface area contributed by atoms with Crippen LogP contribution in [0.5, 0.6) is 5.75 Å². The molecule has 174 valence electrons. The van der Waals surface area contributed by atoms with Gasteiger partial charge in [-0.15, -0.1) is 0 Å². The number of aromatic nitrogens is 2. The summed E-state index contributed by atoms with van der Waals surface area (Å²) >= 11 is 0. The predicted molar refractivity (Wildman–Crippen MR) is 127 cm³/mol. The van der Waals surface area contributed by atoms with Crippen LogP contribution in [0.25, 0.3) is 0 Å². The highest BCUT2D eigenvalue weighted by molar-refractivity contribution is 5.95. The Labute approximate surface area is 191 Å². The first-order valence-corrected chi connectivity index (χ1v) is 10.6. The summed E-state index contributed by atoms with van der Waals surface area (Å²) in [5.74, 6) is 0.332. The normalized spacial score (nSPS) is 10.7. The molecule has 0 unspecified atom stereocenters. The van der Waals surface area contributed by atoms with Gasteiger partial charge in [-0.25, -0.2) is 4.79 Å². The van der Waals surface area contributed by atoms with Gasteiger partial charge in [-0.05, 0) is 24.1 Å². The largest absolute Gasteiger partial charge is 0.494 e. The number of rotatable bonds is 11. The summed E-state index contributed by atoms with van der Waals surface area (Å²) in [4.78, 5) is 41.7. The van der Waals surface area contributed by atoms with E-state index >= 15 is 0 Å². The second-order valence-electron chi connectivity index (χ2n) is 7.37. The number of methoxy groups -OCH3 is 1. The fraction of sp³-hybridized carbons (Fsp3) is 0.292. The smallest absolute Gasteiger partial charge is 0.330 e. The molecule has 0 radical (unpaired) electrons. The van der Waals surface area contributed by atoms with E-state index in [9.17, 15) is 14.4 Å². The molecule has 0 aliphatic carbocycles. The lowest BCUT2D eigenvalue weighted by Gasteiger charge is -2.24. The van der Waals surface area contributed by atoms with Crippen molar-refractivity contribution in [3.63, 3.8) is 0 Å². The van der Waals surface area contributed by atoms with E-state index < -0.39 is 11.2 Å². The molecule has 1 heterocycles. The van der Waals surface area contributed by atoms with Gasteiger partial charge in [-0.3, -0.25) is 19.1 Å². The summed E-state index contributed by atoms with van der Waals surface area (Å²) < 4.78 is 12.0. The second kappa shape index (κ2) is 11.7. The van der Waals surface area contributed by atoms with Crippen molar-refractivity contribution in [1.82, 2.24) is 9.55 Å². The minimum absolute atomic E-state index is 0.0587. The van der Waals surface area contributed by atoms with Gasteiger partial charge in [0.15, 0.2) is 5.69 Å². The number of H-pyrrole nitrogens is 1. The third-order valence-corrected chi connectivity index (χ3v) is 5.03. The van der Waals surface area contributed by atoms with Crippen molar-refractivity contribution in [3.05, 3.63) is 87.1 Å². The lowest BCUT2D eigenvalue weighted by atomic mass is 10.2. The van der Waals surface area contributed by atoms with E-state index in [2.05, 4.69) is 4.98 Å². The Hall–Kier alpha value is -3.85. The molecule has 3 rings (SSSR count). The molecule has 9 heteroatoms. The summed E-state index contributed by atoms with van der Waals surface area (Å²) in [7, 11) is 1.50. The number of nitrogens with zero attached hydrogens (tertiary/aromatic N) is 2. The lowest BCUT2D eigenvalue weighted by molar-refractivity contribution is -0.119. The highest BCUT2D eigenvalue weighted by atomic mass is 16.5. The van der Waals surface area contributed by atoms with Gasteiger partial charge in [-0.1, -0.05) is 48.5 Å². The molecule has 2 aromatic carbocycles. The van der Waals surface area contributed by atoms with Gasteiger partial charge in [0.25, 0.3) is 5.56 Å². The van der Waals surface area contributed by atoms with Crippen molar-refractivity contribution in [2.45, 2.75) is 19.4 Å². The molecule has 0 atom stereocenters. The van der Waals surface area contributed by atoms with Crippen molar-refractivity contribution < 1.29 is 14.3 Å². The van der Waals surface area contributed by atoms with E-state index in [4.69, 9.17) is 15.2 Å². The second-order valence-corrected chi connectivity index (χ2v) is 7.37. The quantitative estimate of drug-likeness (QED) is 0.430. The number of anilines is 2. The van der Waals surface area contributed by atoms with Crippen molar-refractivity contribution in [2.24, 2.45) is 0 Å². The first-order chi connectivity index (χ1) is 16.0. The standard InChI is InChI=1S/C24H28N4O5/c1-32-16-14-27(20(29)13-8-15-33-19-11-6-3-7-12-19)21-22(25)28(24(31)26-23(21)30)17-18-9-4-2-5-10-18/h2-7,9-12H,8,13-17,25H2,1H3,(H,26,30,31). The molecule has 0 aliphatic heterocycles. The molecule has 0 aliphatic rings. The van der Waals surface area contributed by atoms with Crippen LogP contribution in [-0.4, -0.2) is 42.3 Å². The Morgan fingerprint density at radius 3 is 2.36 bits per heavy atom. The first-order valence-electron chi connectivity index (χ1n) is 10.6. The molecule has 1 amide bonds. The number of para-hydroxylation sites is 1. The fourth-order valence-corrected chi connectivity index (χ4v) is 3.37. The Morgan fingerprint density at radius 1 is 1.03 bits per heavy atom. The molecule has 0 saturated heterocycles. The topological polar surface area (TPSA) is 120 Å². The molecule has 3 aromatic rings. The van der Waals surface area contributed by atoms with Crippen LogP contribution in [0.3, 0.4) is 0 Å².